The molecular weight excluding hydrogens is 386 g/mol. The summed E-state index contributed by atoms with van der Waals surface area (Å²) in [5.74, 6) is 2.80. The monoisotopic (exact) mass is 423 g/mol. The number of fused-ring (bicyclic) bond motifs is 5. The van der Waals surface area contributed by atoms with Gasteiger partial charge in [0.1, 0.15) is 6.07 Å². The van der Waals surface area contributed by atoms with Crippen molar-refractivity contribution < 1.29 is 9.90 Å². The van der Waals surface area contributed by atoms with Crippen LogP contribution >= 0.6 is 0 Å². The predicted molar refractivity (Wildman–Crippen MR) is 118 cm³/mol. The summed E-state index contributed by atoms with van der Waals surface area (Å²) in [6.07, 6.45) is 14.3. The fourth-order valence-corrected chi connectivity index (χ4v) is 9.01. The average Bonchev–Trinajstić information content (AvgIpc) is 3.36. The first-order valence-electron chi connectivity index (χ1n) is 12.5. The smallest absolute Gasteiger partial charge is 0.250 e. The van der Waals surface area contributed by atoms with Gasteiger partial charge < -0.3 is 5.11 Å². The minimum absolute atomic E-state index is 0.00674. The molecule has 5 heteroatoms. The van der Waals surface area contributed by atoms with E-state index in [0.29, 0.717) is 28.7 Å². The Morgan fingerprint density at radius 2 is 2.00 bits per heavy atom. The van der Waals surface area contributed by atoms with Crippen LogP contribution in [-0.2, 0) is 0 Å². The molecule has 31 heavy (non-hydrogen) atoms. The van der Waals surface area contributed by atoms with Crippen LogP contribution in [0.5, 0.6) is 0 Å². The van der Waals surface area contributed by atoms with Crippen molar-refractivity contribution in [1.29, 1.82) is 5.26 Å². The van der Waals surface area contributed by atoms with Gasteiger partial charge in [-0.1, -0.05) is 13.8 Å². The van der Waals surface area contributed by atoms with Crippen molar-refractivity contribution >= 4 is 5.91 Å². The third kappa shape index (κ3) is 3.04. The van der Waals surface area contributed by atoms with E-state index < -0.39 is 5.60 Å². The Bertz CT molecular complexity index is 914. The van der Waals surface area contributed by atoms with Crippen LogP contribution in [0.3, 0.4) is 0 Å². The van der Waals surface area contributed by atoms with E-state index in [-0.39, 0.29) is 17.2 Å². The Balaban J connectivity index is 1.41. The van der Waals surface area contributed by atoms with Gasteiger partial charge in [-0.25, -0.2) is 4.68 Å². The highest BCUT2D eigenvalue weighted by atomic mass is 16.3. The van der Waals surface area contributed by atoms with E-state index in [0.717, 1.165) is 38.0 Å². The summed E-state index contributed by atoms with van der Waals surface area (Å²) >= 11 is 0. The van der Waals surface area contributed by atoms with Crippen molar-refractivity contribution in [2.45, 2.75) is 90.6 Å². The molecule has 4 saturated carbocycles. The molecule has 0 aliphatic heterocycles. The third-order valence-corrected chi connectivity index (χ3v) is 10.5. The summed E-state index contributed by atoms with van der Waals surface area (Å²) in [6, 6.07) is 2.09. The second-order valence-electron chi connectivity index (χ2n) is 11.7. The number of aliphatic hydroxyl groups is 1. The first-order chi connectivity index (χ1) is 14.7. The van der Waals surface area contributed by atoms with Crippen molar-refractivity contribution in [3.8, 4) is 6.07 Å². The Morgan fingerprint density at radius 3 is 2.71 bits per heavy atom. The first kappa shape index (κ1) is 21.2. The Labute approximate surface area is 186 Å². The Kier molecular flexibility index (Phi) is 4.90. The molecule has 1 aromatic heterocycles. The second kappa shape index (κ2) is 7.17. The molecule has 0 amide bonds. The highest BCUT2D eigenvalue weighted by molar-refractivity contribution is 5.82. The van der Waals surface area contributed by atoms with Gasteiger partial charge in [-0.2, -0.15) is 10.4 Å². The fraction of sp³-hybridized carbons (Fsp3) is 0.808. The van der Waals surface area contributed by atoms with Crippen LogP contribution < -0.4 is 0 Å². The number of aromatic nitrogens is 2. The number of carbonyl (C=O) groups excluding carboxylic acids is 1. The minimum Gasteiger partial charge on any atom is -0.390 e. The Hall–Kier alpha value is -1.67. The molecule has 8 atom stereocenters. The van der Waals surface area contributed by atoms with Gasteiger partial charge >= 0.3 is 0 Å². The fourth-order valence-electron chi connectivity index (χ4n) is 9.01. The predicted octanol–water partition coefficient (Wildman–Crippen LogP) is 5.19. The number of hydrogen-bond donors (Lipinski definition) is 1. The summed E-state index contributed by atoms with van der Waals surface area (Å²) in [6.45, 7) is 6.79. The maximum Gasteiger partial charge on any atom is 0.250 e. The maximum absolute atomic E-state index is 13.4. The lowest BCUT2D eigenvalue weighted by atomic mass is 9.43. The van der Waals surface area contributed by atoms with Gasteiger partial charge in [0.25, 0.3) is 5.91 Å². The molecule has 0 saturated heterocycles. The average molecular weight is 424 g/mol. The molecule has 0 bridgehead atoms. The first-order valence-corrected chi connectivity index (χ1v) is 12.5. The number of hydrogen-bond acceptors (Lipinski definition) is 4. The van der Waals surface area contributed by atoms with Gasteiger partial charge in [0.2, 0.25) is 0 Å². The summed E-state index contributed by atoms with van der Waals surface area (Å²) in [7, 11) is 0. The van der Waals surface area contributed by atoms with E-state index in [1.54, 1.807) is 6.20 Å². The quantitative estimate of drug-likeness (QED) is 0.709. The zero-order valence-corrected chi connectivity index (χ0v) is 19.3. The highest BCUT2D eigenvalue weighted by Gasteiger charge is 2.62. The molecule has 0 unspecified atom stereocenters. The lowest BCUT2D eigenvalue weighted by Crippen LogP contribution is -2.56. The molecule has 4 fully saturated rings. The lowest BCUT2D eigenvalue weighted by Gasteiger charge is -2.62. The Morgan fingerprint density at radius 1 is 1.19 bits per heavy atom. The topological polar surface area (TPSA) is 78.9 Å². The number of nitrogens with zero attached hydrogens (tertiary/aromatic N) is 3. The van der Waals surface area contributed by atoms with Gasteiger partial charge in [0, 0.05) is 5.92 Å². The lowest BCUT2D eigenvalue weighted by molar-refractivity contribution is -0.154. The molecule has 0 radical (unpaired) electrons. The van der Waals surface area contributed by atoms with Gasteiger partial charge in [0.05, 0.1) is 23.6 Å². The van der Waals surface area contributed by atoms with Gasteiger partial charge in [0.15, 0.2) is 0 Å². The van der Waals surface area contributed by atoms with Crippen LogP contribution in [0.15, 0.2) is 12.4 Å². The highest BCUT2D eigenvalue weighted by Crippen LogP contribution is 2.69. The van der Waals surface area contributed by atoms with Gasteiger partial charge in [-0.3, -0.25) is 4.79 Å². The van der Waals surface area contributed by atoms with E-state index in [9.17, 15) is 9.90 Å². The molecule has 5 nitrogen and oxygen atoms in total. The SMILES string of the molecule is CC[C@]12CC[C@@](C)(O)C[C@H]1CC[C@H]1[C@@H]3CC[C@H](C(=O)n4cc(C#N)cn4)[C@@]3(C)CC[C@@H]12. The van der Waals surface area contributed by atoms with E-state index in [4.69, 9.17) is 5.26 Å². The van der Waals surface area contributed by atoms with Crippen LogP contribution in [-0.4, -0.2) is 26.4 Å². The van der Waals surface area contributed by atoms with Crippen molar-refractivity contribution in [3.63, 3.8) is 0 Å². The largest absolute Gasteiger partial charge is 0.390 e. The normalized spacial score (nSPS) is 46.5. The zero-order chi connectivity index (χ0) is 22.0. The molecule has 1 heterocycles. The van der Waals surface area contributed by atoms with E-state index in [1.807, 2.05) is 6.92 Å². The van der Waals surface area contributed by atoms with E-state index in [1.165, 1.54) is 43.0 Å². The molecule has 1 aromatic rings. The van der Waals surface area contributed by atoms with Crippen LogP contribution in [0.25, 0.3) is 0 Å². The van der Waals surface area contributed by atoms with Gasteiger partial charge in [-0.15, -0.1) is 0 Å². The minimum atomic E-state index is -0.490. The molecule has 0 aromatic carbocycles. The molecule has 0 spiro atoms. The number of rotatable bonds is 2. The standard InChI is InChI=1S/C26H37N3O2/c1-4-26-12-11-24(2,31)13-18(26)5-6-19-20-7-8-22(25(20,3)10-9-21(19)26)23(30)29-16-17(14-27)15-28-29/h15-16,18-22,31H,4-13H2,1-3H3/t18-,19+,20+,21+,22-,24-,25+,26+/m1/s1. The van der Waals surface area contributed by atoms with Gasteiger partial charge in [-0.05, 0) is 106 Å². The number of nitriles is 1. The van der Waals surface area contributed by atoms with Crippen molar-refractivity contribution in [2.24, 2.45) is 40.4 Å². The summed E-state index contributed by atoms with van der Waals surface area (Å²) in [5, 5.41) is 24.1. The van der Waals surface area contributed by atoms with Crippen LogP contribution in [0, 0.1) is 51.8 Å². The van der Waals surface area contributed by atoms with Crippen LogP contribution in [0.2, 0.25) is 0 Å². The second-order valence-corrected chi connectivity index (χ2v) is 11.7. The third-order valence-electron chi connectivity index (χ3n) is 10.5. The molecule has 4 aliphatic carbocycles. The van der Waals surface area contributed by atoms with E-state index >= 15 is 0 Å². The molecule has 5 rings (SSSR count). The molecular formula is C26H37N3O2. The zero-order valence-electron chi connectivity index (χ0n) is 19.3. The molecule has 168 valence electrons. The maximum atomic E-state index is 13.4. The van der Waals surface area contributed by atoms with Crippen molar-refractivity contribution in [1.82, 2.24) is 9.78 Å². The van der Waals surface area contributed by atoms with Crippen molar-refractivity contribution in [3.05, 3.63) is 18.0 Å². The van der Waals surface area contributed by atoms with Crippen LogP contribution in [0.1, 0.15) is 95.3 Å². The molecule has 4 aliphatic rings. The number of carbonyl (C=O) groups is 1. The van der Waals surface area contributed by atoms with Crippen LogP contribution in [0.4, 0.5) is 0 Å². The molecule has 1 N–H and O–H groups in total. The van der Waals surface area contributed by atoms with E-state index in [2.05, 4.69) is 25.0 Å². The van der Waals surface area contributed by atoms with Crippen molar-refractivity contribution in [2.75, 3.05) is 0 Å². The summed E-state index contributed by atoms with van der Waals surface area (Å²) < 4.78 is 1.43. The summed E-state index contributed by atoms with van der Waals surface area (Å²) in [4.78, 5) is 13.4. The summed E-state index contributed by atoms with van der Waals surface area (Å²) in [5.41, 5.74) is 0.390.